The van der Waals surface area contributed by atoms with Gasteiger partial charge < -0.3 is 5.32 Å². The highest BCUT2D eigenvalue weighted by molar-refractivity contribution is 5.26. The van der Waals surface area contributed by atoms with Crippen LogP contribution in [-0.2, 0) is 0 Å². The van der Waals surface area contributed by atoms with Crippen LogP contribution in [0.1, 0.15) is 20.8 Å². The van der Waals surface area contributed by atoms with Crippen LogP contribution >= 0.6 is 0 Å². The minimum absolute atomic E-state index is 0.503. The average molecular weight is 220 g/mol. The molecule has 1 aliphatic heterocycles. The van der Waals surface area contributed by atoms with Crippen molar-refractivity contribution in [2.75, 3.05) is 18.4 Å². The Labute approximate surface area is 97.1 Å². The Bertz CT molecular complexity index is 319. The van der Waals surface area contributed by atoms with Gasteiger partial charge >= 0.3 is 0 Å². The molecule has 0 amide bonds. The smallest absolute Gasteiger partial charge is 0.222 e. The van der Waals surface area contributed by atoms with Gasteiger partial charge in [0.25, 0.3) is 0 Å². The van der Waals surface area contributed by atoms with E-state index in [0.29, 0.717) is 18.0 Å². The molecule has 4 nitrogen and oxygen atoms in total. The summed E-state index contributed by atoms with van der Waals surface area (Å²) in [6.07, 6.45) is 3.53. The van der Waals surface area contributed by atoms with E-state index < -0.39 is 0 Å². The van der Waals surface area contributed by atoms with Gasteiger partial charge in [-0.15, -0.1) is 0 Å². The third kappa shape index (κ3) is 2.50. The van der Waals surface area contributed by atoms with E-state index in [1.807, 2.05) is 6.07 Å². The molecule has 0 bridgehead atoms. The second-order valence-electron chi connectivity index (χ2n) is 4.85. The van der Waals surface area contributed by atoms with E-state index in [4.69, 9.17) is 0 Å². The van der Waals surface area contributed by atoms with Gasteiger partial charge in [0, 0.05) is 31.5 Å². The predicted octanol–water partition coefficient (Wildman–Crippen LogP) is 1.62. The maximum Gasteiger partial charge on any atom is 0.222 e. The van der Waals surface area contributed by atoms with Gasteiger partial charge in [-0.25, -0.2) is 9.97 Å². The van der Waals surface area contributed by atoms with Crippen LogP contribution < -0.4 is 5.32 Å². The Hall–Kier alpha value is -1.16. The van der Waals surface area contributed by atoms with Crippen molar-refractivity contribution in [3.63, 3.8) is 0 Å². The lowest BCUT2D eigenvalue weighted by molar-refractivity contribution is 0.0855. The fourth-order valence-electron chi connectivity index (χ4n) is 1.91. The highest BCUT2D eigenvalue weighted by atomic mass is 15.3. The molecule has 1 saturated heterocycles. The maximum atomic E-state index is 4.16. The summed E-state index contributed by atoms with van der Waals surface area (Å²) < 4.78 is 0. The summed E-state index contributed by atoms with van der Waals surface area (Å²) in [5.41, 5.74) is 0. The quantitative estimate of drug-likeness (QED) is 0.837. The lowest BCUT2D eigenvalue weighted by atomic mass is 9.98. The van der Waals surface area contributed by atoms with Crippen LogP contribution in [0, 0.1) is 5.92 Å². The zero-order valence-corrected chi connectivity index (χ0v) is 10.2. The van der Waals surface area contributed by atoms with Crippen LogP contribution in [0.5, 0.6) is 0 Å². The first-order chi connectivity index (χ1) is 7.66. The topological polar surface area (TPSA) is 41.0 Å². The Morgan fingerprint density at radius 2 is 1.88 bits per heavy atom. The van der Waals surface area contributed by atoms with Gasteiger partial charge in [-0.2, -0.15) is 0 Å². The molecule has 1 aromatic heterocycles. The van der Waals surface area contributed by atoms with E-state index in [1.165, 1.54) is 0 Å². The fourth-order valence-corrected chi connectivity index (χ4v) is 1.91. The fraction of sp³-hybridized carbons (Fsp3) is 0.667. The molecule has 4 heteroatoms. The van der Waals surface area contributed by atoms with Gasteiger partial charge in [-0.3, -0.25) is 4.90 Å². The van der Waals surface area contributed by atoms with Gasteiger partial charge in [-0.05, 0) is 18.9 Å². The average Bonchev–Trinajstić information content (AvgIpc) is 2.23. The number of nitrogens with one attached hydrogen (secondary N) is 1. The molecule has 1 atom stereocenters. The molecule has 2 rings (SSSR count). The number of anilines is 1. The molecule has 0 aliphatic carbocycles. The van der Waals surface area contributed by atoms with Crippen molar-refractivity contribution in [1.82, 2.24) is 14.9 Å². The molecule has 1 N–H and O–H groups in total. The zero-order valence-electron chi connectivity index (χ0n) is 10.2. The van der Waals surface area contributed by atoms with E-state index >= 15 is 0 Å². The van der Waals surface area contributed by atoms with Gasteiger partial charge in [0.1, 0.15) is 0 Å². The van der Waals surface area contributed by atoms with E-state index in [-0.39, 0.29) is 0 Å². The second-order valence-corrected chi connectivity index (χ2v) is 4.85. The summed E-state index contributed by atoms with van der Waals surface area (Å²) in [7, 11) is 0. The molecule has 1 unspecified atom stereocenters. The van der Waals surface area contributed by atoms with Crippen LogP contribution in [0.15, 0.2) is 18.5 Å². The Balaban J connectivity index is 1.77. The first-order valence-electron chi connectivity index (χ1n) is 5.94. The standard InChI is InChI=1S/C12H20N4/c1-9(2)10(3)16-7-11(8-16)15-12-13-5-4-6-14-12/h4-6,9-11H,7-8H2,1-3H3,(H,13,14,15). The minimum Gasteiger partial charge on any atom is -0.349 e. The summed E-state index contributed by atoms with van der Waals surface area (Å²) in [6, 6.07) is 3.00. The lowest BCUT2D eigenvalue weighted by Gasteiger charge is -2.44. The molecular formula is C12H20N4. The summed E-state index contributed by atoms with van der Waals surface area (Å²) in [5.74, 6) is 1.46. The summed E-state index contributed by atoms with van der Waals surface area (Å²) in [5, 5.41) is 3.34. The third-order valence-corrected chi connectivity index (χ3v) is 3.35. The molecule has 2 heterocycles. The van der Waals surface area contributed by atoms with E-state index in [0.717, 1.165) is 19.0 Å². The number of hydrogen-bond acceptors (Lipinski definition) is 4. The van der Waals surface area contributed by atoms with E-state index in [9.17, 15) is 0 Å². The summed E-state index contributed by atoms with van der Waals surface area (Å²) in [6.45, 7) is 9.02. The monoisotopic (exact) mass is 220 g/mol. The molecule has 0 saturated carbocycles. The van der Waals surface area contributed by atoms with Crippen molar-refractivity contribution in [2.24, 2.45) is 5.92 Å². The number of nitrogens with zero attached hydrogens (tertiary/aromatic N) is 3. The first-order valence-corrected chi connectivity index (χ1v) is 5.94. The molecule has 16 heavy (non-hydrogen) atoms. The molecule has 0 radical (unpaired) electrons. The molecule has 0 aromatic carbocycles. The van der Waals surface area contributed by atoms with Crippen molar-refractivity contribution < 1.29 is 0 Å². The number of likely N-dealkylation sites (tertiary alicyclic amines) is 1. The van der Waals surface area contributed by atoms with Crippen molar-refractivity contribution in [2.45, 2.75) is 32.9 Å². The van der Waals surface area contributed by atoms with Gasteiger partial charge in [-0.1, -0.05) is 13.8 Å². The van der Waals surface area contributed by atoms with Gasteiger partial charge in [0.15, 0.2) is 0 Å². The Morgan fingerprint density at radius 3 is 2.44 bits per heavy atom. The van der Waals surface area contributed by atoms with Gasteiger partial charge in [0.05, 0.1) is 6.04 Å². The second kappa shape index (κ2) is 4.78. The van der Waals surface area contributed by atoms with Gasteiger partial charge in [0.2, 0.25) is 5.95 Å². The van der Waals surface area contributed by atoms with Crippen molar-refractivity contribution in [3.05, 3.63) is 18.5 Å². The summed E-state index contributed by atoms with van der Waals surface area (Å²) >= 11 is 0. The maximum absolute atomic E-state index is 4.16. The first kappa shape index (κ1) is 11.3. The SMILES string of the molecule is CC(C)C(C)N1CC(Nc2ncccn2)C1. The normalized spacial score (nSPS) is 19.5. The Kier molecular flexibility index (Phi) is 3.39. The number of hydrogen-bond donors (Lipinski definition) is 1. The molecule has 0 spiro atoms. The highest BCUT2D eigenvalue weighted by Gasteiger charge is 2.31. The van der Waals surface area contributed by atoms with Crippen molar-refractivity contribution in [3.8, 4) is 0 Å². The highest BCUT2D eigenvalue weighted by Crippen LogP contribution is 2.19. The van der Waals surface area contributed by atoms with E-state index in [1.54, 1.807) is 12.4 Å². The molecular weight excluding hydrogens is 200 g/mol. The van der Waals surface area contributed by atoms with Crippen LogP contribution in [0.25, 0.3) is 0 Å². The minimum atomic E-state index is 0.503. The van der Waals surface area contributed by atoms with Crippen molar-refractivity contribution in [1.29, 1.82) is 0 Å². The summed E-state index contributed by atoms with van der Waals surface area (Å²) in [4.78, 5) is 10.8. The van der Waals surface area contributed by atoms with Crippen LogP contribution in [0.2, 0.25) is 0 Å². The largest absolute Gasteiger partial charge is 0.349 e. The Morgan fingerprint density at radius 1 is 1.25 bits per heavy atom. The zero-order chi connectivity index (χ0) is 11.5. The molecule has 88 valence electrons. The molecule has 1 aromatic rings. The molecule has 1 fully saturated rings. The van der Waals surface area contributed by atoms with Crippen LogP contribution in [0.4, 0.5) is 5.95 Å². The van der Waals surface area contributed by atoms with Crippen LogP contribution in [0.3, 0.4) is 0 Å². The predicted molar refractivity (Wildman–Crippen MR) is 65.3 cm³/mol. The lowest BCUT2D eigenvalue weighted by Crippen LogP contribution is -2.59. The molecule has 1 aliphatic rings. The van der Waals surface area contributed by atoms with Crippen molar-refractivity contribution >= 4 is 5.95 Å². The van der Waals surface area contributed by atoms with Crippen LogP contribution in [-0.4, -0.2) is 40.0 Å². The van der Waals surface area contributed by atoms with E-state index in [2.05, 4.69) is 41.0 Å². The number of aromatic nitrogens is 2. The number of rotatable bonds is 4. The third-order valence-electron chi connectivity index (χ3n) is 3.35.